The molecule has 0 aliphatic carbocycles. The second kappa shape index (κ2) is 8.61. The van der Waals surface area contributed by atoms with Crippen LogP contribution >= 0.6 is 0 Å². The Morgan fingerprint density at radius 1 is 1.00 bits per heavy atom. The highest BCUT2D eigenvalue weighted by Gasteiger charge is 1.87. The number of rotatable bonds is 3. The number of para-hydroxylation sites is 1. The Hall–Kier alpha value is -0.980. The summed E-state index contributed by atoms with van der Waals surface area (Å²) in [6.07, 6.45) is 5.54. The number of aryl methyl sites for hydroxylation is 1. The van der Waals surface area contributed by atoms with Crippen LogP contribution in [0.3, 0.4) is 0 Å². The minimum absolute atomic E-state index is 0.368. The van der Waals surface area contributed by atoms with Crippen molar-refractivity contribution in [2.75, 3.05) is 0 Å². The fourth-order valence-corrected chi connectivity index (χ4v) is 1.06. The Balaban J connectivity index is 0.000000255. The van der Waals surface area contributed by atoms with Crippen LogP contribution in [0, 0.1) is 6.92 Å². The van der Waals surface area contributed by atoms with Crippen LogP contribution in [0.25, 0.3) is 0 Å². The molecule has 0 fully saturated rings. The molecular weight excluding hydrogens is 172 g/mol. The van der Waals surface area contributed by atoms with Gasteiger partial charge in [0.1, 0.15) is 5.75 Å². The van der Waals surface area contributed by atoms with E-state index >= 15 is 0 Å². The molecule has 1 aromatic rings. The van der Waals surface area contributed by atoms with Gasteiger partial charge in [0.15, 0.2) is 0 Å². The van der Waals surface area contributed by atoms with E-state index in [9.17, 15) is 0 Å². The van der Waals surface area contributed by atoms with Crippen molar-refractivity contribution in [2.24, 2.45) is 0 Å². The van der Waals surface area contributed by atoms with Gasteiger partial charge in [-0.3, -0.25) is 0 Å². The van der Waals surface area contributed by atoms with Crippen molar-refractivity contribution >= 4 is 0 Å². The van der Waals surface area contributed by atoms with Gasteiger partial charge in [-0.15, -0.1) is 0 Å². The molecule has 1 heteroatoms. The molecule has 0 bridgehead atoms. The Labute approximate surface area is 87.8 Å². The van der Waals surface area contributed by atoms with Crippen molar-refractivity contribution in [1.29, 1.82) is 0 Å². The highest BCUT2D eigenvalue weighted by molar-refractivity contribution is 5.29. The van der Waals surface area contributed by atoms with E-state index in [2.05, 4.69) is 13.8 Å². The fourth-order valence-electron chi connectivity index (χ4n) is 1.06. The molecule has 0 amide bonds. The fraction of sp³-hybridized carbons (Fsp3) is 0.538. The van der Waals surface area contributed by atoms with Gasteiger partial charge < -0.3 is 5.11 Å². The molecule has 0 saturated carbocycles. The Bertz CT molecular complexity index is 205. The van der Waals surface area contributed by atoms with Gasteiger partial charge in [0.05, 0.1) is 0 Å². The lowest BCUT2D eigenvalue weighted by Gasteiger charge is -1.92. The first-order valence-electron chi connectivity index (χ1n) is 5.47. The second-order valence-electron chi connectivity index (χ2n) is 3.49. The smallest absolute Gasteiger partial charge is 0.118 e. The van der Waals surface area contributed by atoms with Gasteiger partial charge in [0.2, 0.25) is 0 Å². The summed E-state index contributed by atoms with van der Waals surface area (Å²) in [6, 6.07) is 7.25. The zero-order chi connectivity index (χ0) is 10.8. The normalized spacial score (nSPS) is 9.07. The van der Waals surface area contributed by atoms with Crippen LogP contribution in [0.4, 0.5) is 0 Å². The molecule has 80 valence electrons. The van der Waals surface area contributed by atoms with Crippen LogP contribution in [0.15, 0.2) is 24.3 Å². The van der Waals surface area contributed by atoms with Crippen molar-refractivity contribution in [3.8, 4) is 5.75 Å². The number of benzene rings is 1. The molecule has 1 aromatic carbocycles. The summed E-state index contributed by atoms with van der Waals surface area (Å²) in [4.78, 5) is 0. The number of aromatic hydroxyl groups is 1. The highest BCUT2D eigenvalue weighted by atomic mass is 16.3. The van der Waals surface area contributed by atoms with E-state index in [1.807, 2.05) is 25.1 Å². The average Bonchev–Trinajstić information content (AvgIpc) is 2.20. The van der Waals surface area contributed by atoms with Gasteiger partial charge in [-0.1, -0.05) is 57.7 Å². The Morgan fingerprint density at radius 3 is 1.79 bits per heavy atom. The molecule has 0 atom stereocenters. The maximum Gasteiger partial charge on any atom is 0.118 e. The first kappa shape index (κ1) is 13.0. The third-order valence-corrected chi connectivity index (χ3v) is 2.07. The van der Waals surface area contributed by atoms with Crippen LogP contribution in [0.5, 0.6) is 5.75 Å². The van der Waals surface area contributed by atoms with Gasteiger partial charge in [-0.25, -0.2) is 0 Å². The molecule has 0 unspecified atom stereocenters. The number of phenolic OH excluding ortho intramolecular Hbond substituents is 1. The first-order valence-corrected chi connectivity index (χ1v) is 5.47. The lowest BCUT2D eigenvalue weighted by molar-refractivity contribution is 0.471. The topological polar surface area (TPSA) is 20.2 Å². The van der Waals surface area contributed by atoms with Gasteiger partial charge in [0.25, 0.3) is 0 Å². The van der Waals surface area contributed by atoms with Crippen LogP contribution in [0.2, 0.25) is 0 Å². The summed E-state index contributed by atoms with van der Waals surface area (Å²) in [5.41, 5.74) is 0.924. The number of hydrogen-bond donors (Lipinski definition) is 1. The summed E-state index contributed by atoms with van der Waals surface area (Å²) in [7, 11) is 0. The van der Waals surface area contributed by atoms with E-state index < -0.39 is 0 Å². The van der Waals surface area contributed by atoms with E-state index in [4.69, 9.17) is 5.11 Å². The molecule has 1 N–H and O–H groups in total. The molecular formula is C13H22O. The maximum atomic E-state index is 8.92. The van der Waals surface area contributed by atoms with E-state index in [0.29, 0.717) is 5.75 Å². The van der Waals surface area contributed by atoms with Crippen LogP contribution in [-0.4, -0.2) is 5.11 Å². The highest BCUT2D eigenvalue weighted by Crippen LogP contribution is 2.12. The average molecular weight is 194 g/mol. The van der Waals surface area contributed by atoms with Crippen LogP contribution in [-0.2, 0) is 0 Å². The van der Waals surface area contributed by atoms with E-state index in [-0.39, 0.29) is 0 Å². The molecule has 0 radical (unpaired) electrons. The largest absolute Gasteiger partial charge is 0.508 e. The minimum Gasteiger partial charge on any atom is -0.508 e. The van der Waals surface area contributed by atoms with Crippen molar-refractivity contribution < 1.29 is 5.11 Å². The van der Waals surface area contributed by atoms with E-state index in [0.717, 1.165) is 5.56 Å². The Kier molecular flexibility index (Phi) is 8.01. The third kappa shape index (κ3) is 6.53. The summed E-state index contributed by atoms with van der Waals surface area (Å²) >= 11 is 0. The Morgan fingerprint density at radius 2 is 1.50 bits per heavy atom. The second-order valence-corrected chi connectivity index (χ2v) is 3.49. The quantitative estimate of drug-likeness (QED) is 0.712. The monoisotopic (exact) mass is 194 g/mol. The number of unbranched alkanes of at least 4 members (excludes halogenated alkanes) is 3. The molecule has 0 aliphatic heterocycles. The number of hydrogen-bond acceptors (Lipinski definition) is 1. The standard InChI is InChI=1S/C7H8O.C6H14/c1-6-4-2-3-5-7(6)8;1-3-5-6-4-2/h2-5,8H,1H3;3-6H2,1-2H3. The minimum atomic E-state index is 0.368. The van der Waals surface area contributed by atoms with Gasteiger partial charge in [0, 0.05) is 0 Å². The van der Waals surface area contributed by atoms with Crippen LogP contribution in [0.1, 0.15) is 45.1 Å². The lowest BCUT2D eigenvalue weighted by Crippen LogP contribution is -1.68. The van der Waals surface area contributed by atoms with E-state index in [1.54, 1.807) is 6.07 Å². The maximum absolute atomic E-state index is 8.92. The number of phenols is 1. The summed E-state index contributed by atoms with van der Waals surface area (Å²) in [5.74, 6) is 0.368. The summed E-state index contributed by atoms with van der Waals surface area (Å²) < 4.78 is 0. The molecule has 1 rings (SSSR count). The molecule has 0 heterocycles. The zero-order valence-electron chi connectivity index (χ0n) is 9.59. The predicted octanol–water partition coefficient (Wildman–Crippen LogP) is 4.29. The molecule has 0 saturated heterocycles. The van der Waals surface area contributed by atoms with E-state index in [1.165, 1.54) is 25.7 Å². The van der Waals surface area contributed by atoms with Crippen molar-refractivity contribution in [2.45, 2.75) is 46.5 Å². The molecule has 0 aliphatic rings. The van der Waals surface area contributed by atoms with Crippen molar-refractivity contribution in [1.82, 2.24) is 0 Å². The zero-order valence-corrected chi connectivity index (χ0v) is 9.59. The van der Waals surface area contributed by atoms with Crippen molar-refractivity contribution in [3.63, 3.8) is 0 Å². The van der Waals surface area contributed by atoms with Gasteiger partial charge in [-0.2, -0.15) is 0 Å². The van der Waals surface area contributed by atoms with Crippen molar-refractivity contribution in [3.05, 3.63) is 29.8 Å². The molecule has 1 nitrogen and oxygen atoms in total. The summed E-state index contributed by atoms with van der Waals surface area (Å²) in [5, 5.41) is 8.92. The van der Waals surface area contributed by atoms with Crippen LogP contribution < -0.4 is 0 Å². The lowest BCUT2D eigenvalue weighted by atomic mass is 10.2. The SMILES string of the molecule is CCCCCC.Cc1ccccc1O. The van der Waals surface area contributed by atoms with Gasteiger partial charge >= 0.3 is 0 Å². The molecule has 14 heavy (non-hydrogen) atoms. The summed E-state index contributed by atoms with van der Waals surface area (Å²) in [6.45, 7) is 6.33. The third-order valence-electron chi connectivity index (χ3n) is 2.07. The molecule has 0 spiro atoms. The van der Waals surface area contributed by atoms with Gasteiger partial charge in [-0.05, 0) is 18.6 Å². The molecule has 0 aromatic heterocycles. The predicted molar refractivity (Wildman–Crippen MR) is 62.7 cm³/mol. The first-order chi connectivity index (χ1) is 6.72.